The maximum absolute atomic E-state index is 12.0. The van der Waals surface area contributed by atoms with Crippen LogP contribution >= 0.6 is 0 Å². The molecule has 0 saturated heterocycles. The predicted octanol–water partition coefficient (Wildman–Crippen LogP) is 3.62. The second-order valence-corrected chi connectivity index (χ2v) is 6.49. The van der Waals surface area contributed by atoms with E-state index in [4.69, 9.17) is 0 Å². The molecular formula is C19H24N6O. The number of hydrogen-bond donors (Lipinski definition) is 4. The number of H-pyrrole nitrogens is 1. The molecule has 0 atom stereocenters. The monoisotopic (exact) mass is 352 g/mol. The van der Waals surface area contributed by atoms with Crippen LogP contribution in [-0.2, 0) is 0 Å². The van der Waals surface area contributed by atoms with Crippen LogP contribution in [0.15, 0.2) is 36.5 Å². The third kappa shape index (κ3) is 4.30. The molecule has 0 aliphatic rings. The van der Waals surface area contributed by atoms with Crippen LogP contribution in [-0.4, -0.2) is 34.1 Å². The van der Waals surface area contributed by atoms with E-state index in [-0.39, 0.29) is 6.03 Å². The van der Waals surface area contributed by atoms with Crippen LogP contribution in [0.1, 0.15) is 31.2 Å². The number of carbonyl (C=O) groups is 1. The van der Waals surface area contributed by atoms with Crippen LogP contribution in [0.2, 0.25) is 0 Å². The van der Waals surface area contributed by atoms with E-state index in [0.717, 1.165) is 33.9 Å². The molecule has 2 amide bonds. The number of carbonyl (C=O) groups excluding carboxylic acids is 1. The van der Waals surface area contributed by atoms with Gasteiger partial charge < -0.3 is 20.9 Å². The van der Waals surface area contributed by atoms with Crippen molar-refractivity contribution in [3.63, 3.8) is 0 Å². The van der Waals surface area contributed by atoms with Gasteiger partial charge in [0.05, 0.1) is 11.0 Å². The number of pyridine rings is 1. The molecule has 4 N–H and O–H groups in total. The number of nitrogens with one attached hydrogen (secondary N) is 4. The number of nitrogens with zero attached hydrogens (tertiary/aromatic N) is 2. The molecule has 3 aromatic rings. The highest BCUT2D eigenvalue weighted by molar-refractivity contribution is 5.91. The molecule has 3 rings (SSSR count). The van der Waals surface area contributed by atoms with E-state index < -0.39 is 0 Å². The number of urea groups is 1. The molecule has 0 unspecified atom stereocenters. The van der Waals surface area contributed by atoms with Gasteiger partial charge in [-0.1, -0.05) is 19.9 Å². The van der Waals surface area contributed by atoms with Crippen LogP contribution in [0.3, 0.4) is 0 Å². The number of rotatable bonds is 6. The summed E-state index contributed by atoms with van der Waals surface area (Å²) >= 11 is 0. The molecule has 0 spiro atoms. The van der Waals surface area contributed by atoms with Crippen LogP contribution < -0.4 is 16.0 Å². The Bertz CT molecular complexity index is 902. The number of amides is 2. The summed E-state index contributed by atoms with van der Waals surface area (Å²) in [6, 6.07) is 9.29. The van der Waals surface area contributed by atoms with E-state index >= 15 is 0 Å². The van der Waals surface area contributed by atoms with Gasteiger partial charge in [-0.3, -0.25) is 0 Å². The molecule has 0 fully saturated rings. The van der Waals surface area contributed by atoms with Gasteiger partial charge in [-0.05, 0) is 36.8 Å². The number of imidazole rings is 1. The molecule has 0 saturated carbocycles. The van der Waals surface area contributed by atoms with Gasteiger partial charge in [0, 0.05) is 30.9 Å². The number of anilines is 2. The normalized spacial score (nSPS) is 10.9. The van der Waals surface area contributed by atoms with Crippen LogP contribution in [0.5, 0.6) is 0 Å². The summed E-state index contributed by atoms with van der Waals surface area (Å²) in [6.45, 7) is 7.26. The van der Waals surface area contributed by atoms with Crippen LogP contribution in [0.4, 0.5) is 16.3 Å². The lowest BCUT2D eigenvalue weighted by Gasteiger charge is -2.10. The van der Waals surface area contributed by atoms with Gasteiger partial charge in [0.25, 0.3) is 0 Å². The van der Waals surface area contributed by atoms with Gasteiger partial charge in [0.2, 0.25) is 0 Å². The van der Waals surface area contributed by atoms with Crippen LogP contribution in [0, 0.1) is 6.92 Å². The smallest absolute Gasteiger partial charge is 0.319 e. The first-order chi connectivity index (χ1) is 12.5. The lowest BCUT2D eigenvalue weighted by atomic mass is 10.2. The maximum Gasteiger partial charge on any atom is 0.319 e. The highest BCUT2D eigenvalue weighted by atomic mass is 16.2. The summed E-state index contributed by atoms with van der Waals surface area (Å²) in [5.41, 5.74) is 3.61. The van der Waals surface area contributed by atoms with Crippen molar-refractivity contribution in [2.24, 2.45) is 0 Å². The zero-order valence-corrected chi connectivity index (χ0v) is 15.3. The highest BCUT2D eigenvalue weighted by Crippen LogP contribution is 2.20. The molecule has 1 aromatic carbocycles. The predicted molar refractivity (Wildman–Crippen MR) is 105 cm³/mol. The zero-order chi connectivity index (χ0) is 18.5. The van der Waals surface area contributed by atoms with Crippen molar-refractivity contribution < 1.29 is 4.79 Å². The molecule has 0 aliphatic carbocycles. The van der Waals surface area contributed by atoms with Crippen molar-refractivity contribution in [2.45, 2.75) is 26.7 Å². The summed E-state index contributed by atoms with van der Waals surface area (Å²) in [5.74, 6) is 2.11. The number of aromatic nitrogens is 3. The Labute approximate surface area is 152 Å². The first-order valence-electron chi connectivity index (χ1n) is 8.73. The summed E-state index contributed by atoms with van der Waals surface area (Å²) in [5, 5.41) is 8.87. The lowest BCUT2D eigenvalue weighted by molar-refractivity contribution is 0.252. The molecule has 136 valence electrons. The Morgan fingerprint density at radius 3 is 2.85 bits per heavy atom. The average molecular weight is 352 g/mol. The molecule has 0 bridgehead atoms. The molecule has 7 heteroatoms. The minimum atomic E-state index is -0.243. The molecule has 2 heterocycles. The lowest BCUT2D eigenvalue weighted by Crippen LogP contribution is -2.32. The van der Waals surface area contributed by atoms with Crippen molar-refractivity contribution in [3.05, 3.63) is 47.9 Å². The topological polar surface area (TPSA) is 94.7 Å². The fourth-order valence-electron chi connectivity index (χ4n) is 2.58. The van der Waals surface area contributed by atoms with Crippen LogP contribution in [0.25, 0.3) is 11.0 Å². The van der Waals surface area contributed by atoms with Gasteiger partial charge in [-0.15, -0.1) is 0 Å². The minimum absolute atomic E-state index is 0.243. The van der Waals surface area contributed by atoms with Gasteiger partial charge in [-0.2, -0.15) is 0 Å². The van der Waals surface area contributed by atoms with E-state index in [9.17, 15) is 4.79 Å². The summed E-state index contributed by atoms with van der Waals surface area (Å²) in [6.07, 6.45) is 1.74. The first-order valence-corrected chi connectivity index (χ1v) is 8.73. The largest absolute Gasteiger partial charge is 0.368 e. The number of benzene rings is 1. The van der Waals surface area contributed by atoms with E-state index in [2.05, 4.69) is 44.7 Å². The number of aryl methyl sites for hydroxylation is 1. The fourth-order valence-corrected chi connectivity index (χ4v) is 2.58. The van der Waals surface area contributed by atoms with E-state index in [1.807, 2.05) is 37.3 Å². The highest BCUT2D eigenvalue weighted by Gasteiger charge is 2.08. The molecule has 26 heavy (non-hydrogen) atoms. The molecule has 0 aliphatic heterocycles. The Morgan fingerprint density at radius 1 is 1.23 bits per heavy atom. The first kappa shape index (κ1) is 17.7. The molecule has 2 aromatic heterocycles. The summed E-state index contributed by atoms with van der Waals surface area (Å²) in [7, 11) is 0. The van der Waals surface area contributed by atoms with Crippen molar-refractivity contribution in [3.8, 4) is 0 Å². The summed E-state index contributed by atoms with van der Waals surface area (Å²) < 4.78 is 0. The Kier molecular flexibility index (Phi) is 5.36. The van der Waals surface area contributed by atoms with Gasteiger partial charge in [0.15, 0.2) is 0 Å². The maximum atomic E-state index is 12.0. The van der Waals surface area contributed by atoms with Gasteiger partial charge in [0.1, 0.15) is 11.6 Å². The second kappa shape index (κ2) is 7.86. The molecule has 7 nitrogen and oxygen atoms in total. The summed E-state index contributed by atoms with van der Waals surface area (Å²) in [4.78, 5) is 24.1. The minimum Gasteiger partial charge on any atom is -0.368 e. The van der Waals surface area contributed by atoms with Crippen molar-refractivity contribution in [1.29, 1.82) is 0 Å². The van der Waals surface area contributed by atoms with Gasteiger partial charge >= 0.3 is 6.03 Å². The van der Waals surface area contributed by atoms with E-state index in [1.54, 1.807) is 6.20 Å². The standard InChI is InChI=1S/C19H24N6O/c1-12(2)17-24-15-7-6-14(11-16(15)25-17)23-19(26)22-10-9-21-18-13(3)5-4-8-20-18/h4-8,11-12H,9-10H2,1-3H3,(H,20,21)(H,24,25)(H2,22,23,26). The van der Waals surface area contributed by atoms with Crippen molar-refractivity contribution >= 4 is 28.6 Å². The fraction of sp³-hybridized carbons (Fsp3) is 0.316. The van der Waals surface area contributed by atoms with Gasteiger partial charge in [-0.25, -0.2) is 14.8 Å². The molecule has 0 radical (unpaired) electrons. The number of fused-ring (bicyclic) bond motifs is 1. The van der Waals surface area contributed by atoms with Crippen molar-refractivity contribution in [2.75, 3.05) is 23.7 Å². The second-order valence-electron chi connectivity index (χ2n) is 6.49. The Morgan fingerprint density at radius 2 is 2.08 bits per heavy atom. The van der Waals surface area contributed by atoms with Crippen molar-refractivity contribution in [1.82, 2.24) is 20.3 Å². The Balaban J connectivity index is 1.50. The number of hydrogen-bond acceptors (Lipinski definition) is 4. The quantitative estimate of drug-likeness (QED) is 0.510. The average Bonchev–Trinajstić information content (AvgIpc) is 3.04. The van der Waals surface area contributed by atoms with E-state index in [1.165, 1.54) is 0 Å². The Hall–Kier alpha value is -3.09. The number of aromatic amines is 1. The SMILES string of the molecule is Cc1cccnc1NCCNC(=O)Nc1ccc2nc(C(C)C)[nH]c2c1. The zero-order valence-electron chi connectivity index (χ0n) is 15.3. The van der Waals surface area contributed by atoms with E-state index in [0.29, 0.717) is 19.0 Å². The third-order valence-corrected chi connectivity index (χ3v) is 4.02. The molecular weight excluding hydrogens is 328 g/mol. The third-order valence-electron chi connectivity index (χ3n) is 4.02.